The van der Waals surface area contributed by atoms with Crippen molar-refractivity contribution in [1.29, 1.82) is 0 Å². The van der Waals surface area contributed by atoms with Gasteiger partial charge in [-0.15, -0.1) is 0 Å². The lowest BCUT2D eigenvalue weighted by molar-refractivity contribution is -0.133. The molecule has 11 heteroatoms. The number of piperidine rings is 1. The molecule has 0 aliphatic carbocycles. The summed E-state index contributed by atoms with van der Waals surface area (Å²) in [5.74, 6) is 1.28. The number of β-amino-alcohol motifs (C(OH)–C–C–N with tert-alkyl or cyclic N) is 1. The molecule has 2 aliphatic heterocycles. The Kier molecular flexibility index (Phi) is 7.63. The van der Waals surface area contributed by atoms with E-state index in [0.717, 1.165) is 31.5 Å². The number of carbonyl (C=O) groups is 1. The number of hydrogen-bond acceptors (Lipinski definition) is 8. The number of aliphatic hydroxyl groups is 1. The minimum atomic E-state index is -0.465. The lowest BCUT2D eigenvalue weighted by Crippen LogP contribution is -2.44. The molecule has 2 aromatic heterocycles. The van der Waals surface area contributed by atoms with Crippen molar-refractivity contribution in [3.05, 3.63) is 48.2 Å². The Morgan fingerprint density at radius 1 is 1.07 bits per heavy atom. The predicted molar refractivity (Wildman–Crippen MR) is 151 cm³/mol. The lowest BCUT2D eigenvalue weighted by atomic mass is 9.97. The van der Waals surface area contributed by atoms with Crippen molar-refractivity contribution in [3.63, 3.8) is 0 Å². The van der Waals surface area contributed by atoms with Crippen LogP contribution in [0.4, 0.5) is 4.39 Å². The zero-order valence-corrected chi connectivity index (χ0v) is 23.2. The number of aromatic amines is 1. The summed E-state index contributed by atoms with van der Waals surface area (Å²) in [7, 11) is 1.56. The van der Waals surface area contributed by atoms with Crippen LogP contribution in [0.15, 0.2) is 36.7 Å². The average molecular weight is 564 g/mol. The molecule has 2 aliphatic rings. The number of aryl methyl sites for hydroxylation is 1. The second-order valence-corrected chi connectivity index (χ2v) is 10.9. The Balaban J connectivity index is 1.11. The second kappa shape index (κ2) is 11.5. The van der Waals surface area contributed by atoms with E-state index in [1.165, 1.54) is 6.33 Å². The van der Waals surface area contributed by atoms with E-state index >= 15 is 4.39 Å². The van der Waals surface area contributed by atoms with Crippen LogP contribution in [0.3, 0.4) is 0 Å². The van der Waals surface area contributed by atoms with Gasteiger partial charge in [0, 0.05) is 48.8 Å². The number of nitrogens with zero attached hydrogens (tertiary/aromatic N) is 4. The minimum absolute atomic E-state index is 0.0682. The smallest absolute Gasteiger partial charge is 0.236 e. The molecule has 4 heterocycles. The maximum absolute atomic E-state index is 15.2. The highest BCUT2D eigenvalue weighted by atomic mass is 19.1. The largest absolute Gasteiger partial charge is 0.493 e. The Morgan fingerprint density at radius 3 is 2.66 bits per heavy atom. The summed E-state index contributed by atoms with van der Waals surface area (Å²) in [5, 5.41) is 10.7. The van der Waals surface area contributed by atoms with Crippen LogP contribution < -0.4 is 14.2 Å². The Hall–Kier alpha value is -3.96. The van der Waals surface area contributed by atoms with Crippen LogP contribution in [0, 0.1) is 18.7 Å². The molecule has 0 saturated carbocycles. The number of likely N-dealkylation sites (tertiary alicyclic amines) is 2. The number of halogens is 1. The number of H-pyrrole nitrogens is 1. The zero-order valence-electron chi connectivity index (χ0n) is 23.2. The number of nitrogens with one attached hydrogen (secondary N) is 1. The van der Waals surface area contributed by atoms with Crippen LogP contribution in [0.5, 0.6) is 23.1 Å². The summed E-state index contributed by atoms with van der Waals surface area (Å²) in [6.45, 7) is 5.45. The quantitative estimate of drug-likeness (QED) is 0.330. The summed E-state index contributed by atoms with van der Waals surface area (Å²) >= 11 is 0. The molecule has 6 rings (SSSR count). The van der Waals surface area contributed by atoms with Gasteiger partial charge in [-0.2, -0.15) is 0 Å². The predicted octanol–water partition coefficient (Wildman–Crippen LogP) is 4.04. The number of amides is 1. The SMILES string of the molecule is COc1cc2c(Oc3ccc4[nH]c(C)cc4c3F)ncnc2cc1OCC1CCN(C(=O)CN2CCC(O)C2)CC1. The topological polar surface area (TPSA) is 113 Å². The normalized spacial score (nSPS) is 18.3. The van der Waals surface area contributed by atoms with Crippen molar-refractivity contribution in [2.24, 2.45) is 5.92 Å². The number of methoxy groups -OCH3 is 1. The maximum Gasteiger partial charge on any atom is 0.236 e. The van der Waals surface area contributed by atoms with Gasteiger partial charge in [-0.05, 0) is 56.4 Å². The van der Waals surface area contributed by atoms with E-state index in [0.29, 0.717) is 72.0 Å². The van der Waals surface area contributed by atoms with E-state index in [-0.39, 0.29) is 23.6 Å². The molecule has 1 unspecified atom stereocenters. The third-order valence-corrected chi connectivity index (χ3v) is 7.98. The molecule has 2 fully saturated rings. The first-order valence-corrected chi connectivity index (χ1v) is 14.0. The number of ether oxygens (including phenoxy) is 3. The number of carbonyl (C=O) groups excluding carboxylic acids is 1. The number of aromatic nitrogens is 3. The molecule has 2 aromatic carbocycles. The summed E-state index contributed by atoms with van der Waals surface area (Å²) in [6, 6.07) is 8.61. The molecule has 0 radical (unpaired) electrons. The standard InChI is InChI=1S/C30H34FN5O5/c1-18-11-21-23(34-18)3-4-25(29(21)31)41-30-22-12-26(39-2)27(13-24(22)32-17-33-30)40-16-19-5-9-36(10-6-19)28(38)15-35-8-7-20(37)14-35/h3-4,11-13,17,19-20,34,37H,5-10,14-16H2,1-2H3. The van der Waals surface area contributed by atoms with E-state index in [1.54, 1.807) is 37.4 Å². The number of hydrogen-bond donors (Lipinski definition) is 2. The summed E-state index contributed by atoms with van der Waals surface area (Å²) in [5.41, 5.74) is 2.14. The Labute approximate surface area is 237 Å². The molecular weight excluding hydrogens is 529 g/mol. The Bertz CT molecular complexity index is 1570. The first-order valence-electron chi connectivity index (χ1n) is 14.0. The van der Waals surface area contributed by atoms with Gasteiger partial charge >= 0.3 is 0 Å². The molecule has 1 atom stereocenters. The van der Waals surface area contributed by atoms with Gasteiger partial charge < -0.3 is 29.2 Å². The van der Waals surface area contributed by atoms with Crippen molar-refractivity contribution in [2.75, 3.05) is 46.4 Å². The fourth-order valence-corrected chi connectivity index (χ4v) is 5.67. The molecule has 10 nitrogen and oxygen atoms in total. The van der Waals surface area contributed by atoms with Crippen LogP contribution in [0.25, 0.3) is 21.8 Å². The summed E-state index contributed by atoms with van der Waals surface area (Å²) in [4.78, 5) is 28.4. The van der Waals surface area contributed by atoms with Gasteiger partial charge in [-0.25, -0.2) is 14.4 Å². The van der Waals surface area contributed by atoms with Crippen molar-refractivity contribution < 1.29 is 28.5 Å². The van der Waals surface area contributed by atoms with Gasteiger partial charge in [0.2, 0.25) is 11.8 Å². The van der Waals surface area contributed by atoms with Crippen LogP contribution in [0.1, 0.15) is 25.0 Å². The molecule has 1 amide bonds. The minimum Gasteiger partial charge on any atom is -0.493 e. The second-order valence-electron chi connectivity index (χ2n) is 10.9. The number of rotatable bonds is 8. The molecule has 2 saturated heterocycles. The fourth-order valence-electron chi connectivity index (χ4n) is 5.67. The average Bonchev–Trinajstić information content (AvgIpc) is 3.57. The summed E-state index contributed by atoms with van der Waals surface area (Å²) < 4.78 is 32.9. The molecule has 0 bridgehead atoms. The van der Waals surface area contributed by atoms with Crippen LogP contribution >= 0.6 is 0 Å². The van der Waals surface area contributed by atoms with Crippen molar-refractivity contribution in [1.82, 2.24) is 24.8 Å². The van der Waals surface area contributed by atoms with Gasteiger partial charge in [-0.3, -0.25) is 9.69 Å². The lowest BCUT2D eigenvalue weighted by Gasteiger charge is -2.33. The third kappa shape index (κ3) is 5.77. The highest BCUT2D eigenvalue weighted by Gasteiger charge is 2.27. The highest BCUT2D eigenvalue weighted by molar-refractivity contribution is 5.87. The van der Waals surface area contributed by atoms with Gasteiger partial charge in [0.1, 0.15) is 6.33 Å². The fraction of sp³-hybridized carbons (Fsp3) is 0.433. The van der Waals surface area contributed by atoms with Gasteiger partial charge in [-0.1, -0.05) is 0 Å². The van der Waals surface area contributed by atoms with Gasteiger partial charge in [0.05, 0.1) is 37.3 Å². The van der Waals surface area contributed by atoms with Gasteiger partial charge in [0.15, 0.2) is 23.1 Å². The van der Waals surface area contributed by atoms with E-state index < -0.39 is 5.82 Å². The van der Waals surface area contributed by atoms with Crippen molar-refractivity contribution >= 4 is 27.7 Å². The highest BCUT2D eigenvalue weighted by Crippen LogP contribution is 2.38. The van der Waals surface area contributed by atoms with Crippen LogP contribution in [-0.4, -0.2) is 88.3 Å². The molecule has 4 aromatic rings. The molecule has 2 N–H and O–H groups in total. The molecule has 0 spiro atoms. The first-order chi connectivity index (χ1) is 19.9. The van der Waals surface area contributed by atoms with Gasteiger partial charge in [0.25, 0.3) is 0 Å². The van der Waals surface area contributed by atoms with E-state index in [1.807, 2.05) is 16.7 Å². The van der Waals surface area contributed by atoms with Crippen molar-refractivity contribution in [2.45, 2.75) is 32.3 Å². The van der Waals surface area contributed by atoms with E-state index in [4.69, 9.17) is 14.2 Å². The monoisotopic (exact) mass is 563 g/mol. The van der Waals surface area contributed by atoms with Crippen molar-refractivity contribution in [3.8, 4) is 23.1 Å². The number of aliphatic hydroxyl groups excluding tert-OH is 1. The maximum atomic E-state index is 15.2. The Morgan fingerprint density at radius 2 is 1.90 bits per heavy atom. The number of benzene rings is 2. The molecule has 41 heavy (non-hydrogen) atoms. The first kappa shape index (κ1) is 27.2. The summed E-state index contributed by atoms with van der Waals surface area (Å²) in [6.07, 6.45) is 3.48. The van der Waals surface area contributed by atoms with Crippen LogP contribution in [0.2, 0.25) is 0 Å². The van der Waals surface area contributed by atoms with E-state index in [9.17, 15) is 9.90 Å². The third-order valence-electron chi connectivity index (χ3n) is 7.98. The molecule has 216 valence electrons. The number of fused-ring (bicyclic) bond motifs is 2. The zero-order chi connectivity index (χ0) is 28.5. The van der Waals surface area contributed by atoms with Crippen LogP contribution in [-0.2, 0) is 4.79 Å². The van der Waals surface area contributed by atoms with E-state index in [2.05, 4.69) is 15.0 Å². The molecular formula is C30H34FN5O5.